The number of carbonyl (C=O) groups is 2. The van der Waals surface area contributed by atoms with Crippen molar-refractivity contribution in [3.05, 3.63) is 48.6 Å². The number of nitrogens with one attached hydrogen (secondary N) is 1. The summed E-state index contributed by atoms with van der Waals surface area (Å²) >= 11 is 0. The lowest BCUT2D eigenvalue weighted by Gasteiger charge is -2.20. The molecule has 0 fully saturated rings. The minimum Gasteiger partial charge on any atom is -0.466 e. The van der Waals surface area contributed by atoms with Crippen LogP contribution >= 0.6 is 0 Å². The summed E-state index contributed by atoms with van der Waals surface area (Å²) in [5, 5.41) is 23.0. The van der Waals surface area contributed by atoms with Gasteiger partial charge in [0.05, 0.1) is 25.4 Å². The molecule has 1 amide bonds. The van der Waals surface area contributed by atoms with Crippen LogP contribution in [0.1, 0.15) is 309 Å². The molecular weight excluding hydrogens is 839 g/mol. The number of aliphatic hydroxyl groups is 2. The van der Waals surface area contributed by atoms with Crippen molar-refractivity contribution < 1.29 is 24.5 Å². The molecule has 68 heavy (non-hydrogen) atoms. The van der Waals surface area contributed by atoms with Gasteiger partial charge in [-0.1, -0.05) is 255 Å². The van der Waals surface area contributed by atoms with E-state index in [4.69, 9.17) is 4.74 Å². The summed E-state index contributed by atoms with van der Waals surface area (Å²) in [5.74, 6) is -0.0766. The van der Waals surface area contributed by atoms with Gasteiger partial charge in [0.2, 0.25) is 5.91 Å². The molecule has 0 spiro atoms. The van der Waals surface area contributed by atoms with Gasteiger partial charge in [-0.15, -0.1) is 0 Å². The maximum atomic E-state index is 12.4. The molecule has 0 radical (unpaired) electrons. The van der Waals surface area contributed by atoms with Crippen LogP contribution in [-0.2, 0) is 14.3 Å². The third kappa shape index (κ3) is 53.2. The van der Waals surface area contributed by atoms with Crippen LogP contribution in [0.5, 0.6) is 0 Å². The number of ether oxygens (including phenoxy) is 1. The SMILES string of the molecule is CCCCC/C=C\C/C=C\CCCCCCCCCCCC(=O)OCCCCCCCCCCC/C=C\CCCCCCCCCC(=O)NC(CO)C(O)/C=C/CCCCCCCCCCCC. The molecule has 0 aromatic rings. The third-order valence-corrected chi connectivity index (χ3v) is 13.6. The van der Waals surface area contributed by atoms with Gasteiger partial charge >= 0.3 is 5.97 Å². The lowest BCUT2D eigenvalue weighted by Crippen LogP contribution is -2.45. The van der Waals surface area contributed by atoms with Crippen molar-refractivity contribution in [1.82, 2.24) is 5.32 Å². The Morgan fingerprint density at radius 1 is 0.412 bits per heavy atom. The normalized spacial score (nSPS) is 12.9. The van der Waals surface area contributed by atoms with E-state index >= 15 is 0 Å². The van der Waals surface area contributed by atoms with Crippen molar-refractivity contribution in [3.63, 3.8) is 0 Å². The topological polar surface area (TPSA) is 95.9 Å². The van der Waals surface area contributed by atoms with E-state index in [-0.39, 0.29) is 18.5 Å². The highest BCUT2D eigenvalue weighted by Gasteiger charge is 2.18. The van der Waals surface area contributed by atoms with E-state index in [9.17, 15) is 19.8 Å². The zero-order valence-electron chi connectivity index (χ0n) is 45.3. The first-order valence-corrected chi connectivity index (χ1v) is 29.9. The molecule has 2 unspecified atom stereocenters. The Kier molecular flexibility index (Phi) is 55.6. The Morgan fingerprint density at radius 3 is 1.16 bits per heavy atom. The van der Waals surface area contributed by atoms with Crippen LogP contribution in [0.25, 0.3) is 0 Å². The summed E-state index contributed by atoms with van der Waals surface area (Å²) in [6.45, 7) is 4.86. The van der Waals surface area contributed by atoms with E-state index in [2.05, 4.69) is 55.6 Å². The first-order chi connectivity index (χ1) is 33.5. The van der Waals surface area contributed by atoms with Crippen LogP contribution in [0.2, 0.25) is 0 Å². The minimum atomic E-state index is -0.850. The number of hydrogen-bond acceptors (Lipinski definition) is 5. The molecule has 3 N–H and O–H groups in total. The second-order valence-corrected chi connectivity index (χ2v) is 20.3. The molecule has 0 aromatic carbocycles. The van der Waals surface area contributed by atoms with Crippen molar-refractivity contribution in [3.8, 4) is 0 Å². The average Bonchev–Trinajstić information content (AvgIpc) is 3.34. The Labute approximate surface area is 423 Å². The molecule has 0 saturated heterocycles. The summed E-state index contributed by atoms with van der Waals surface area (Å²) in [7, 11) is 0. The molecule has 2 atom stereocenters. The van der Waals surface area contributed by atoms with Crippen LogP contribution in [0.4, 0.5) is 0 Å². The fourth-order valence-electron chi connectivity index (χ4n) is 8.95. The Morgan fingerprint density at radius 2 is 0.735 bits per heavy atom. The predicted molar refractivity (Wildman–Crippen MR) is 296 cm³/mol. The Bertz CT molecular complexity index is 1150. The molecule has 0 aliphatic carbocycles. The van der Waals surface area contributed by atoms with Crippen LogP contribution in [0, 0.1) is 0 Å². The predicted octanol–water partition coefficient (Wildman–Crippen LogP) is 18.6. The highest BCUT2D eigenvalue weighted by molar-refractivity contribution is 5.76. The number of hydrogen-bond donors (Lipinski definition) is 3. The van der Waals surface area contributed by atoms with Gasteiger partial charge in [-0.05, 0) is 89.9 Å². The van der Waals surface area contributed by atoms with E-state index < -0.39 is 12.1 Å². The minimum absolute atomic E-state index is 0.00126. The molecule has 0 aliphatic heterocycles. The first-order valence-electron chi connectivity index (χ1n) is 29.9. The largest absolute Gasteiger partial charge is 0.466 e. The van der Waals surface area contributed by atoms with Gasteiger partial charge in [-0.2, -0.15) is 0 Å². The number of esters is 1. The lowest BCUT2D eigenvalue weighted by atomic mass is 10.0. The number of allylic oxidation sites excluding steroid dienone is 7. The fraction of sp³-hybridized carbons (Fsp3) is 0.839. The second-order valence-electron chi connectivity index (χ2n) is 20.3. The molecule has 0 saturated carbocycles. The van der Waals surface area contributed by atoms with Crippen molar-refractivity contribution in [2.24, 2.45) is 0 Å². The number of unbranched alkanes of at least 4 members (excludes halogenated alkanes) is 38. The molecule has 0 aromatic heterocycles. The smallest absolute Gasteiger partial charge is 0.305 e. The van der Waals surface area contributed by atoms with Crippen LogP contribution < -0.4 is 5.32 Å². The Hall–Kier alpha value is -2.18. The number of carbonyl (C=O) groups excluding carboxylic acids is 2. The van der Waals surface area contributed by atoms with Crippen molar-refractivity contribution >= 4 is 11.9 Å². The van der Waals surface area contributed by atoms with Gasteiger partial charge in [0.1, 0.15) is 0 Å². The standard InChI is InChI=1S/C62H115NO5/c1-3-5-7-9-11-13-15-17-18-19-22-26-29-32-36-40-44-48-52-56-62(67)68-57-53-49-45-41-37-33-30-27-24-21-20-23-25-28-31-35-39-43-47-51-55-61(66)63-59(58-64)60(65)54-50-46-42-38-34-16-14-12-10-8-6-4-2/h11,13,17-18,20,23,50,54,59-60,64-65H,3-10,12,14-16,19,21-22,24-49,51-53,55-58H2,1-2H3,(H,63,66)/b13-11-,18-17-,23-20-,54-50+. The van der Waals surface area contributed by atoms with Crippen molar-refractivity contribution in [2.75, 3.05) is 13.2 Å². The van der Waals surface area contributed by atoms with Crippen LogP contribution in [-0.4, -0.2) is 47.4 Å². The fourth-order valence-corrected chi connectivity index (χ4v) is 8.95. The molecule has 0 heterocycles. The van der Waals surface area contributed by atoms with Gasteiger partial charge in [0.15, 0.2) is 0 Å². The average molecular weight is 955 g/mol. The molecule has 0 aliphatic rings. The maximum Gasteiger partial charge on any atom is 0.305 e. The van der Waals surface area contributed by atoms with E-state index in [1.807, 2.05) is 6.08 Å². The van der Waals surface area contributed by atoms with Gasteiger partial charge in [-0.3, -0.25) is 9.59 Å². The van der Waals surface area contributed by atoms with Crippen LogP contribution in [0.15, 0.2) is 48.6 Å². The zero-order valence-corrected chi connectivity index (χ0v) is 45.3. The van der Waals surface area contributed by atoms with E-state index in [1.165, 1.54) is 225 Å². The summed E-state index contributed by atoms with van der Waals surface area (Å²) in [6, 6.07) is -0.634. The summed E-state index contributed by atoms with van der Waals surface area (Å²) < 4.78 is 5.49. The quantitative estimate of drug-likeness (QED) is 0.0321. The van der Waals surface area contributed by atoms with E-state index in [0.29, 0.717) is 19.4 Å². The van der Waals surface area contributed by atoms with E-state index in [0.717, 1.165) is 57.8 Å². The highest BCUT2D eigenvalue weighted by atomic mass is 16.5. The van der Waals surface area contributed by atoms with Crippen molar-refractivity contribution in [1.29, 1.82) is 0 Å². The molecular formula is C62H115NO5. The Balaban J connectivity index is 3.43. The zero-order chi connectivity index (χ0) is 49.3. The number of amides is 1. The highest BCUT2D eigenvalue weighted by Crippen LogP contribution is 2.16. The summed E-state index contributed by atoms with van der Waals surface area (Å²) in [6.07, 6.45) is 72.8. The summed E-state index contributed by atoms with van der Waals surface area (Å²) in [5.41, 5.74) is 0. The lowest BCUT2D eigenvalue weighted by molar-refractivity contribution is -0.143. The summed E-state index contributed by atoms with van der Waals surface area (Å²) in [4.78, 5) is 24.5. The maximum absolute atomic E-state index is 12.4. The van der Waals surface area contributed by atoms with Gasteiger partial charge in [0, 0.05) is 12.8 Å². The van der Waals surface area contributed by atoms with E-state index in [1.54, 1.807) is 6.08 Å². The van der Waals surface area contributed by atoms with Gasteiger partial charge < -0.3 is 20.3 Å². The van der Waals surface area contributed by atoms with Gasteiger partial charge in [0.25, 0.3) is 0 Å². The molecule has 6 nitrogen and oxygen atoms in total. The number of aliphatic hydroxyl groups excluding tert-OH is 2. The third-order valence-electron chi connectivity index (χ3n) is 13.6. The first kappa shape index (κ1) is 65.8. The van der Waals surface area contributed by atoms with Crippen LogP contribution in [0.3, 0.4) is 0 Å². The number of rotatable bonds is 55. The van der Waals surface area contributed by atoms with Gasteiger partial charge in [-0.25, -0.2) is 0 Å². The second kappa shape index (κ2) is 57.4. The monoisotopic (exact) mass is 954 g/mol. The molecule has 0 rings (SSSR count). The molecule has 398 valence electrons. The molecule has 0 bridgehead atoms. The van der Waals surface area contributed by atoms with Crippen molar-refractivity contribution in [2.45, 2.75) is 321 Å². The molecule has 6 heteroatoms.